The normalized spacial score (nSPS) is 12.4. The Kier molecular flexibility index (Phi) is 4.79. The van der Waals surface area contributed by atoms with Gasteiger partial charge in [0.1, 0.15) is 5.82 Å². The smallest absolute Gasteiger partial charge is 0.127 e. The highest BCUT2D eigenvalue weighted by Gasteiger charge is 2.06. The lowest BCUT2D eigenvalue weighted by Gasteiger charge is -2.19. The average molecular weight is 272 g/mol. The summed E-state index contributed by atoms with van der Waals surface area (Å²) in [7, 11) is 4.10. The Labute approximate surface area is 121 Å². The Morgan fingerprint density at radius 1 is 1.30 bits per heavy atom. The van der Waals surface area contributed by atoms with E-state index in [0.717, 1.165) is 25.2 Å². The maximum atomic E-state index is 5.99. The third-order valence-electron chi connectivity index (χ3n) is 3.70. The molecule has 0 aliphatic heterocycles. The van der Waals surface area contributed by atoms with Crippen molar-refractivity contribution in [2.45, 2.75) is 32.4 Å². The van der Waals surface area contributed by atoms with Gasteiger partial charge in [-0.2, -0.15) is 0 Å². The molecular formula is C16H24N4. The Bertz CT molecular complexity index is 530. The highest BCUT2D eigenvalue weighted by atomic mass is 15.2. The molecule has 4 heteroatoms. The fourth-order valence-electron chi connectivity index (χ4n) is 2.19. The molecule has 2 rings (SSSR count). The van der Waals surface area contributed by atoms with Crippen LogP contribution in [-0.2, 0) is 20.0 Å². The zero-order chi connectivity index (χ0) is 14.5. The third-order valence-corrected chi connectivity index (χ3v) is 3.70. The zero-order valence-electron chi connectivity index (χ0n) is 12.6. The molecule has 0 bridgehead atoms. The van der Waals surface area contributed by atoms with Crippen LogP contribution >= 0.6 is 0 Å². The molecule has 0 fully saturated rings. The fraction of sp³-hybridized carbons (Fsp3) is 0.438. The minimum Gasteiger partial charge on any atom is -0.367 e. The molecule has 0 radical (unpaired) electrons. The molecule has 0 saturated carbocycles. The second-order valence-corrected chi connectivity index (χ2v) is 5.35. The summed E-state index contributed by atoms with van der Waals surface area (Å²) in [6.07, 6.45) is 5.76. The van der Waals surface area contributed by atoms with Crippen LogP contribution in [0.3, 0.4) is 0 Å². The van der Waals surface area contributed by atoms with Crippen molar-refractivity contribution in [3.63, 3.8) is 0 Å². The van der Waals surface area contributed by atoms with Gasteiger partial charge in [0, 0.05) is 38.2 Å². The highest BCUT2D eigenvalue weighted by Crippen LogP contribution is 2.16. The summed E-state index contributed by atoms with van der Waals surface area (Å²) >= 11 is 0. The van der Waals surface area contributed by atoms with Crippen LogP contribution in [0, 0.1) is 0 Å². The molecule has 2 aromatic rings. The van der Waals surface area contributed by atoms with Gasteiger partial charge in [-0.1, -0.05) is 19.1 Å². The zero-order valence-corrected chi connectivity index (χ0v) is 12.6. The lowest BCUT2D eigenvalue weighted by molar-refractivity contribution is 0.646. The number of rotatable bonds is 6. The van der Waals surface area contributed by atoms with Gasteiger partial charge in [-0.3, -0.25) is 0 Å². The largest absolute Gasteiger partial charge is 0.367 e. The molecule has 1 atom stereocenters. The van der Waals surface area contributed by atoms with E-state index >= 15 is 0 Å². The summed E-state index contributed by atoms with van der Waals surface area (Å²) < 4.78 is 2.05. The summed E-state index contributed by atoms with van der Waals surface area (Å²) in [5.41, 5.74) is 8.48. The molecule has 1 unspecified atom stereocenters. The number of nitrogens with zero attached hydrogens (tertiary/aromatic N) is 3. The van der Waals surface area contributed by atoms with E-state index in [4.69, 9.17) is 5.73 Å². The lowest BCUT2D eigenvalue weighted by Crippen LogP contribution is -2.21. The summed E-state index contributed by atoms with van der Waals surface area (Å²) in [5.74, 6) is 1.06. The Morgan fingerprint density at radius 3 is 2.55 bits per heavy atom. The minimum atomic E-state index is 0.256. The quantitative estimate of drug-likeness (QED) is 0.878. The van der Waals surface area contributed by atoms with Crippen molar-refractivity contribution in [1.82, 2.24) is 9.55 Å². The number of anilines is 1. The Hall–Kier alpha value is -1.81. The molecule has 1 heterocycles. The molecule has 20 heavy (non-hydrogen) atoms. The van der Waals surface area contributed by atoms with Crippen LogP contribution in [0.4, 0.5) is 5.69 Å². The van der Waals surface area contributed by atoms with E-state index in [-0.39, 0.29) is 6.04 Å². The van der Waals surface area contributed by atoms with Crippen LogP contribution in [0.15, 0.2) is 36.7 Å². The molecule has 108 valence electrons. The summed E-state index contributed by atoms with van der Waals surface area (Å²) in [6, 6.07) is 8.90. The van der Waals surface area contributed by atoms with Crippen LogP contribution in [0.1, 0.15) is 24.7 Å². The fourth-order valence-corrected chi connectivity index (χ4v) is 2.19. The van der Waals surface area contributed by atoms with E-state index in [2.05, 4.69) is 48.1 Å². The molecule has 1 aromatic heterocycles. The van der Waals surface area contributed by atoms with Crippen molar-refractivity contribution in [1.29, 1.82) is 0 Å². The third kappa shape index (κ3) is 3.61. The molecule has 0 amide bonds. The number of aryl methyl sites for hydroxylation is 1. The van der Waals surface area contributed by atoms with Gasteiger partial charge < -0.3 is 15.2 Å². The molecule has 0 aliphatic rings. The SMILES string of the molecule is CCC(N)Cc1ccc(N(C)Cc2nccn2C)cc1. The molecule has 4 nitrogen and oxygen atoms in total. The van der Waals surface area contributed by atoms with Crippen molar-refractivity contribution in [2.75, 3.05) is 11.9 Å². The summed E-state index contributed by atoms with van der Waals surface area (Å²) in [6.45, 7) is 2.93. The van der Waals surface area contributed by atoms with Crippen LogP contribution in [0.5, 0.6) is 0 Å². The standard InChI is InChI=1S/C16H24N4/c1-4-14(17)11-13-5-7-15(8-6-13)20(3)12-16-18-9-10-19(16)2/h5-10,14H,4,11-12,17H2,1-3H3. The van der Waals surface area contributed by atoms with Crippen LogP contribution < -0.4 is 10.6 Å². The maximum absolute atomic E-state index is 5.99. The van der Waals surface area contributed by atoms with E-state index in [1.54, 1.807) is 0 Å². The van der Waals surface area contributed by atoms with E-state index < -0.39 is 0 Å². The first-order valence-corrected chi connectivity index (χ1v) is 7.12. The van der Waals surface area contributed by atoms with Crippen molar-refractivity contribution in [3.8, 4) is 0 Å². The van der Waals surface area contributed by atoms with Crippen molar-refractivity contribution in [2.24, 2.45) is 12.8 Å². The van der Waals surface area contributed by atoms with Gasteiger partial charge in [-0.25, -0.2) is 4.98 Å². The van der Waals surface area contributed by atoms with Gasteiger partial charge >= 0.3 is 0 Å². The number of aromatic nitrogens is 2. The Balaban J connectivity index is 2.00. The molecule has 0 spiro atoms. The predicted octanol–water partition coefficient (Wildman–Crippen LogP) is 2.34. The molecular weight excluding hydrogens is 248 g/mol. The van der Waals surface area contributed by atoms with Gasteiger partial charge in [0.15, 0.2) is 0 Å². The van der Waals surface area contributed by atoms with E-state index in [9.17, 15) is 0 Å². The van der Waals surface area contributed by atoms with Crippen molar-refractivity contribution in [3.05, 3.63) is 48.0 Å². The number of imidazole rings is 1. The van der Waals surface area contributed by atoms with E-state index in [1.807, 2.05) is 24.0 Å². The highest BCUT2D eigenvalue weighted by molar-refractivity contribution is 5.47. The first-order valence-electron chi connectivity index (χ1n) is 7.12. The van der Waals surface area contributed by atoms with E-state index in [1.165, 1.54) is 11.3 Å². The lowest BCUT2D eigenvalue weighted by atomic mass is 10.0. The van der Waals surface area contributed by atoms with Gasteiger partial charge in [-0.15, -0.1) is 0 Å². The maximum Gasteiger partial charge on any atom is 0.127 e. The molecule has 0 aliphatic carbocycles. The van der Waals surface area contributed by atoms with Gasteiger partial charge in [0.05, 0.1) is 6.54 Å². The molecule has 0 saturated heterocycles. The second kappa shape index (κ2) is 6.57. The number of hydrogen-bond acceptors (Lipinski definition) is 3. The van der Waals surface area contributed by atoms with Gasteiger partial charge in [0.25, 0.3) is 0 Å². The Morgan fingerprint density at radius 2 is 2.00 bits per heavy atom. The van der Waals surface area contributed by atoms with Crippen LogP contribution in [0.25, 0.3) is 0 Å². The van der Waals surface area contributed by atoms with Crippen LogP contribution in [0.2, 0.25) is 0 Å². The summed E-state index contributed by atoms with van der Waals surface area (Å²) in [4.78, 5) is 6.55. The second-order valence-electron chi connectivity index (χ2n) is 5.35. The van der Waals surface area contributed by atoms with Crippen molar-refractivity contribution >= 4 is 5.69 Å². The number of hydrogen-bond donors (Lipinski definition) is 1. The topological polar surface area (TPSA) is 47.1 Å². The number of benzene rings is 1. The monoisotopic (exact) mass is 272 g/mol. The first kappa shape index (κ1) is 14.6. The van der Waals surface area contributed by atoms with Gasteiger partial charge in [-0.05, 0) is 30.5 Å². The van der Waals surface area contributed by atoms with E-state index in [0.29, 0.717) is 0 Å². The molecule has 2 N–H and O–H groups in total. The molecule has 1 aromatic carbocycles. The average Bonchev–Trinajstić information content (AvgIpc) is 2.85. The summed E-state index contributed by atoms with van der Waals surface area (Å²) in [5, 5.41) is 0. The van der Waals surface area contributed by atoms with Crippen LogP contribution in [-0.4, -0.2) is 22.6 Å². The van der Waals surface area contributed by atoms with Crippen molar-refractivity contribution < 1.29 is 0 Å². The predicted molar refractivity (Wildman–Crippen MR) is 83.7 cm³/mol. The minimum absolute atomic E-state index is 0.256. The first-order chi connectivity index (χ1) is 9.60. The number of nitrogens with two attached hydrogens (primary N) is 1. The van der Waals surface area contributed by atoms with Gasteiger partial charge in [0.2, 0.25) is 0 Å².